The Labute approximate surface area is 111 Å². The minimum Gasteiger partial charge on any atom is -0.481 e. The van der Waals surface area contributed by atoms with Crippen LogP contribution in [0.1, 0.15) is 19.3 Å². The average molecular weight is 272 g/mol. The summed E-state index contributed by atoms with van der Waals surface area (Å²) in [5.41, 5.74) is 0. The first-order valence-corrected chi connectivity index (χ1v) is 7.64. The Morgan fingerprint density at radius 3 is 2.56 bits per heavy atom. The lowest BCUT2D eigenvalue weighted by atomic mass is 9.97. The van der Waals surface area contributed by atoms with Crippen molar-refractivity contribution in [2.75, 3.05) is 31.1 Å². The molecule has 1 amide bonds. The Kier molecular flexibility index (Phi) is 4.88. The van der Waals surface area contributed by atoms with Gasteiger partial charge in [0.15, 0.2) is 0 Å². The van der Waals surface area contributed by atoms with Gasteiger partial charge in [-0.2, -0.15) is 11.8 Å². The minimum absolute atomic E-state index is 0.107. The number of rotatable bonds is 4. The van der Waals surface area contributed by atoms with Crippen LogP contribution in [-0.2, 0) is 9.59 Å². The summed E-state index contributed by atoms with van der Waals surface area (Å²) in [5, 5.41) is 12.2. The highest BCUT2D eigenvalue weighted by Crippen LogP contribution is 2.18. The Hall–Kier alpha value is -0.750. The van der Waals surface area contributed by atoms with Crippen molar-refractivity contribution < 1.29 is 14.7 Å². The van der Waals surface area contributed by atoms with Crippen LogP contribution in [0.5, 0.6) is 0 Å². The highest BCUT2D eigenvalue weighted by molar-refractivity contribution is 7.99. The van der Waals surface area contributed by atoms with Gasteiger partial charge in [0, 0.05) is 24.9 Å². The van der Waals surface area contributed by atoms with Crippen LogP contribution in [0.3, 0.4) is 0 Å². The van der Waals surface area contributed by atoms with Crippen molar-refractivity contribution >= 4 is 23.6 Å². The first-order chi connectivity index (χ1) is 8.66. The van der Waals surface area contributed by atoms with Crippen molar-refractivity contribution in [3.8, 4) is 0 Å². The number of piperidine rings is 1. The van der Waals surface area contributed by atoms with E-state index in [1.54, 1.807) is 4.90 Å². The summed E-state index contributed by atoms with van der Waals surface area (Å²) in [6.45, 7) is 1.55. The van der Waals surface area contributed by atoms with E-state index >= 15 is 0 Å². The second kappa shape index (κ2) is 6.43. The van der Waals surface area contributed by atoms with E-state index in [-0.39, 0.29) is 11.8 Å². The summed E-state index contributed by atoms with van der Waals surface area (Å²) in [7, 11) is 0. The minimum atomic E-state index is -0.733. The third-order valence-electron chi connectivity index (χ3n) is 3.67. The molecule has 2 rings (SSSR count). The molecule has 0 aromatic heterocycles. The van der Waals surface area contributed by atoms with E-state index in [1.807, 2.05) is 11.8 Å². The van der Waals surface area contributed by atoms with Gasteiger partial charge in [0.25, 0.3) is 0 Å². The average Bonchev–Trinajstić information content (AvgIpc) is 2.89. The van der Waals surface area contributed by atoms with Gasteiger partial charge in [0.05, 0.1) is 12.5 Å². The predicted octanol–water partition coefficient (Wildman–Crippen LogP) is 0.405. The molecule has 2 saturated heterocycles. The normalized spacial score (nSPS) is 25.3. The molecule has 2 N–H and O–H groups in total. The number of hydrogen-bond donors (Lipinski definition) is 2. The monoisotopic (exact) mass is 272 g/mol. The Morgan fingerprint density at radius 1 is 1.28 bits per heavy atom. The van der Waals surface area contributed by atoms with Gasteiger partial charge in [0.2, 0.25) is 5.91 Å². The van der Waals surface area contributed by atoms with E-state index in [0.717, 1.165) is 12.2 Å². The van der Waals surface area contributed by atoms with E-state index in [1.165, 1.54) is 5.75 Å². The number of aliphatic carboxylic acids is 1. The number of carboxylic acid groups (broad SMARTS) is 1. The van der Waals surface area contributed by atoms with Gasteiger partial charge in [-0.25, -0.2) is 0 Å². The predicted molar refractivity (Wildman–Crippen MR) is 70.7 cm³/mol. The third kappa shape index (κ3) is 3.62. The maximum Gasteiger partial charge on any atom is 0.306 e. The molecule has 0 aliphatic carbocycles. The molecule has 102 valence electrons. The highest BCUT2D eigenvalue weighted by Gasteiger charge is 2.27. The van der Waals surface area contributed by atoms with Crippen molar-refractivity contribution in [1.29, 1.82) is 0 Å². The Bertz CT molecular complexity index is 310. The van der Waals surface area contributed by atoms with Crippen LogP contribution in [0.2, 0.25) is 0 Å². The van der Waals surface area contributed by atoms with Gasteiger partial charge < -0.3 is 15.3 Å². The molecule has 0 aromatic rings. The standard InChI is InChI=1S/C12H20N2O3S/c15-11(7-13-10-3-6-18-8-10)14-4-1-9(2-5-14)12(16)17/h9-10,13H,1-8H2,(H,16,17). The topological polar surface area (TPSA) is 69.6 Å². The summed E-state index contributed by atoms with van der Waals surface area (Å²) in [4.78, 5) is 24.5. The van der Waals surface area contributed by atoms with E-state index < -0.39 is 5.97 Å². The molecule has 5 nitrogen and oxygen atoms in total. The van der Waals surface area contributed by atoms with Crippen LogP contribution in [0.4, 0.5) is 0 Å². The summed E-state index contributed by atoms with van der Waals surface area (Å²) < 4.78 is 0. The first-order valence-electron chi connectivity index (χ1n) is 6.48. The zero-order chi connectivity index (χ0) is 13.0. The summed E-state index contributed by atoms with van der Waals surface area (Å²) in [6.07, 6.45) is 2.31. The fourth-order valence-corrected chi connectivity index (χ4v) is 3.60. The van der Waals surface area contributed by atoms with Crippen molar-refractivity contribution in [2.24, 2.45) is 5.92 Å². The molecule has 2 aliphatic rings. The Balaban J connectivity index is 1.68. The lowest BCUT2D eigenvalue weighted by Crippen LogP contribution is -2.45. The number of thioether (sulfide) groups is 1. The van der Waals surface area contributed by atoms with Crippen LogP contribution in [0, 0.1) is 5.92 Å². The van der Waals surface area contributed by atoms with Crippen molar-refractivity contribution in [3.05, 3.63) is 0 Å². The van der Waals surface area contributed by atoms with Crippen LogP contribution < -0.4 is 5.32 Å². The highest BCUT2D eigenvalue weighted by atomic mass is 32.2. The summed E-state index contributed by atoms with van der Waals surface area (Å²) in [6, 6.07) is 0.468. The number of amides is 1. The van der Waals surface area contributed by atoms with Gasteiger partial charge in [-0.3, -0.25) is 9.59 Å². The van der Waals surface area contributed by atoms with E-state index in [9.17, 15) is 9.59 Å². The molecule has 0 spiro atoms. The van der Waals surface area contributed by atoms with Crippen LogP contribution >= 0.6 is 11.8 Å². The third-order valence-corrected chi connectivity index (χ3v) is 4.83. The zero-order valence-corrected chi connectivity index (χ0v) is 11.2. The summed E-state index contributed by atoms with van der Waals surface area (Å²) in [5.74, 6) is 1.37. The van der Waals surface area contributed by atoms with Crippen LogP contribution in [0.15, 0.2) is 0 Å². The number of carbonyl (C=O) groups is 2. The van der Waals surface area contributed by atoms with Crippen molar-refractivity contribution in [3.63, 3.8) is 0 Å². The number of carbonyl (C=O) groups excluding carboxylic acids is 1. The molecular weight excluding hydrogens is 252 g/mol. The van der Waals surface area contributed by atoms with E-state index in [0.29, 0.717) is 38.5 Å². The number of nitrogens with one attached hydrogen (secondary N) is 1. The van der Waals surface area contributed by atoms with Crippen molar-refractivity contribution in [1.82, 2.24) is 10.2 Å². The van der Waals surface area contributed by atoms with Crippen LogP contribution in [-0.4, -0.2) is 59.1 Å². The van der Waals surface area contributed by atoms with E-state index in [4.69, 9.17) is 5.11 Å². The zero-order valence-electron chi connectivity index (χ0n) is 10.4. The lowest BCUT2D eigenvalue weighted by Gasteiger charge is -2.30. The molecule has 0 aromatic carbocycles. The van der Waals surface area contributed by atoms with E-state index in [2.05, 4.69) is 5.32 Å². The molecule has 0 radical (unpaired) electrons. The second-order valence-corrected chi connectivity index (χ2v) is 6.08. The van der Waals surface area contributed by atoms with Gasteiger partial charge in [-0.15, -0.1) is 0 Å². The van der Waals surface area contributed by atoms with Gasteiger partial charge in [-0.05, 0) is 25.0 Å². The molecule has 18 heavy (non-hydrogen) atoms. The fraction of sp³-hybridized carbons (Fsp3) is 0.833. The van der Waals surface area contributed by atoms with Gasteiger partial charge in [0.1, 0.15) is 0 Å². The molecule has 2 heterocycles. The second-order valence-electron chi connectivity index (χ2n) is 4.93. The fourth-order valence-electron chi connectivity index (χ4n) is 2.41. The lowest BCUT2D eigenvalue weighted by molar-refractivity contribution is -0.145. The van der Waals surface area contributed by atoms with Gasteiger partial charge >= 0.3 is 5.97 Å². The molecule has 2 fully saturated rings. The van der Waals surface area contributed by atoms with Crippen LogP contribution in [0.25, 0.3) is 0 Å². The molecule has 6 heteroatoms. The smallest absolute Gasteiger partial charge is 0.306 e. The molecular formula is C12H20N2O3S. The first kappa shape index (κ1) is 13.7. The number of carboxylic acids is 1. The molecule has 0 bridgehead atoms. The Morgan fingerprint density at radius 2 is 2.00 bits per heavy atom. The number of hydrogen-bond acceptors (Lipinski definition) is 4. The maximum atomic E-state index is 11.9. The maximum absolute atomic E-state index is 11.9. The quantitative estimate of drug-likeness (QED) is 0.775. The molecule has 0 saturated carbocycles. The molecule has 2 aliphatic heterocycles. The molecule has 1 atom stereocenters. The SMILES string of the molecule is O=C(O)C1CCN(C(=O)CNC2CCSC2)CC1. The van der Waals surface area contributed by atoms with Gasteiger partial charge in [-0.1, -0.05) is 0 Å². The largest absolute Gasteiger partial charge is 0.481 e. The number of likely N-dealkylation sites (tertiary alicyclic amines) is 1. The number of nitrogens with zero attached hydrogens (tertiary/aromatic N) is 1. The summed E-state index contributed by atoms with van der Waals surface area (Å²) >= 11 is 1.92. The van der Waals surface area contributed by atoms with Crippen molar-refractivity contribution in [2.45, 2.75) is 25.3 Å². The molecule has 1 unspecified atom stereocenters.